The predicted octanol–water partition coefficient (Wildman–Crippen LogP) is 3.36. The molecule has 2 aromatic rings. The molecule has 0 radical (unpaired) electrons. The molecule has 2 heterocycles. The zero-order valence-electron chi connectivity index (χ0n) is 7.81. The van der Waals surface area contributed by atoms with Gasteiger partial charge in [-0.25, -0.2) is 0 Å². The van der Waals surface area contributed by atoms with Gasteiger partial charge in [-0.1, -0.05) is 18.2 Å². The first kappa shape index (κ1) is 8.18. The Balaban J connectivity index is 2.34. The van der Waals surface area contributed by atoms with Crippen molar-refractivity contribution in [3.63, 3.8) is 0 Å². The SMILES string of the molecule is C1=Cn2c(cc3ccccc32)CCS1. The Hall–Kier alpha value is -1.15. The highest BCUT2D eigenvalue weighted by atomic mass is 32.2. The summed E-state index contributed by atoms with van der Waals surface area (Å²) in [5.74, 6) is 1.19. The molecule has 1 aromatic heterocycles. The molecular formula is C12H11NS. The van der Waals surface area contributed by atoms with E-state index in [0.717, 1.165) is 6.42 Å². The summed E-state index contributed by atoms with van der Waals surface area (Å²) in [7, 11) is 0. The second-order valence-corrected chi connectivity index (χ2v) is 4.48. The fraction of sp³-hybridized carbons (Fsp3) is 0.167. The number of rotatable bonds is 0. The Morgan fingerprint density at radius 3 is 3.14 bits per heavy atom. The average molecular weight is 201 g/mol. The zero-order chi connectivity index (χ0) is 9.38. The van der Waals surface area contributed by atoms with Crippen LogP contribution in [-0.2, 0) is 6.42 Å². The third-order valence-electron chi connectivity index (χ3n) is 2.61. The van der Waals surface area contributed by atoms with Gasteiger partial charge in [-0.2, -0.15) is 0 Å². The molecule has 0 atom stereocenters. The molecule has 0 bridgehead atoms. The summed E-state index contributed by atoms with van der Waals surface area (Å²) in [5, 5.41) is 3.53. The van der Waals surface area contributed by atoms with Crippen LogP contribution in [0.25, 0.3) is 17.1 Å². The third-order valence-corrected chi connectivity index (χ3v) is 3.36. The topological polar surface area (TPSA) is 4.93 Å². The first-order chi connectivity index (χ1) is 6.95. The number of fused-ring (bicyclic) bond motifs is 3. The quantitative estimate of drug-likeness (QED) is 0.632. The molecule has 1 nitrogen and oxygen atoms in total. The molecule has 1 aliphatic rings. The molecule has 0 spiro atoms. The van der Waals surface area contributed by atoms with E-state index in [-0.39, 0.29) is 0 Å². The summed E-state index contributed by atoms with van der Waals surface area (Å²) >= 11 is 1.88. The van der Waals surface area contributed by atoms with Gasteiger partial charge in [0.15, 0.2) is 0 Å². The van der Waals surface area contributed by atoms with Crippen LogP contribution in [0.3, 0.4) is 0 Å². The van der Waals surface area contributed by atoms with Crippen LogP contribution in [0.5, 0.6) is 0 Å². The van der Waals surface area contributed by atoms with Gasteiger partial charge in [0, 0.05) is 23.0 Å². The van der Waals surface area contributed by atoms with Crippen molar-refractivity contribution >= 4 is 28.9 Å². The average Bonchev–Trinajstić information content (AvgIpc) is 2.42. The molecule has 3 rings (SSSR count). The summed E-state index contributed by atoms with van der Waals surface area (Å²) in [6, 6.07) is 10.9. The molecule has 0 unspecified atom stereocenters. The van der Waals surface area contributed by atoms with E-state index in [1.165, 1.54) is 22.3 Å². The Kier molecular flexibility index (Phi) is 1.88. The number of hydrogen-bond acceptors (Lipinski definition) is 1. The van der Waals surface area contributed by atoms with Crippen LogP contribution in [0.4, 0.5) is 0 Å². The number of para-hydroxylation sites is 1. The van der Waals surface area contributed by atoms with Gasteiger partial charge >= 0.3 is 0 Å². The van der Waals surface area contributed by atoms with Gasteiger partial charge in [-0.3, -0.25) is 0 Å². The minimum absolute atomic E-state index is 1.16. The molecule has 0 saturated heterocycles. The molecule has 70 valence electrons. The molecule has 0 saturated carbocycles. The maximum Gasteiger partial charge on any atom is 0.0525 e. The maximum atomic E-state index is 2.30. The number of aromatic nitrogens is 1. The van der Waals surface area contributed by atoms with E-state index in [1.54, 1.807) is 0 Å². The van der Waals surface area contributed by atoms with Crippen LogP contribution in [0.1, 0.15) is 5.69 Å². The van der Waals surface area contributed by atoms with Crippen LogP contribution < -0.4 is 0 Å². The number of benzene rings is 1. The lowest BCUT2D eigenvalue weighted by atomic mass is 10.2. The van der Waals surface area contributed by atoms with Crippen LogP contribution in [0, 0.1) is 0 Å². The third kappa shape index (κ3) is 1.18. The molecule has 0 amide bonds. The fourth-order valence-electron chi connectivity index (χ4n) is 1.94. The monoisotopic (exact) mass is 201 g/mol. The first-order valence-electron chi connectivity index (χ1n) is 4.82. The Labute approximate surface area is 87.4 Å². The lowest BCUT2D eigenvalue weighted by Crippen LogP contribution is -1.93. The number of nitrogens with zero attached hydrogens (tertiary/aromatic N) is 1. The van der Waals surface area contributed by atoms with Crippen molar-refractivity contribution in [3.05, 3.63) is 41.4 Å². The van der Waals surface area contributed by atoms with Gasteiger partial charge in [-0.05, 0) is 24.0 Å². The highest BCUT2D eigenvalue weighted by Gasteiger charge is 2.07. The lowest BCUT2D eigenvalue weighted by Gasteiger charge is -2.00. The Morgan fingerprint density at radius 2 is 2.14 bits per heavy atom. The van der Waals surface area contributed by atoms with Crippen LogP contribution in [-0.4, -0.2) is 10.3 Å². The highest BCUT2D eigenvalue weighted by Crippen LogP contribution is 2.24. The van der Waals surface area contributed by atoms with Crippen molar-refractivity contribution in [1.29, 1.82) is 0 Å². The molecule has 14 heavy (non-hydrogen) atoms. The standard InChI is InChI=1S/C12H11NS/c1-2-4-12-10(3-1)9-11-5-7-14-8-6-13(11)12/h1-4,6,8-9H,5,7H2. The maximum absolute atomic E-state index is 2.30. The van der Waals surface area contributed by atoms with Crippen molar-refractivity contribution in [2.75, 3.05) is 5.75 Å². The molecule has 2 heteroatoms. The number of thioether (sulfide) groups is 1. The summed E-state index contributed by atoms with van der Waals surface area (Å²) in [6.07, 6.45) is 3.34. The van der Waals surface area contributed by atoms with E-state index in [2.05, 4.69) is 46.5 Å². The van der Waals surface area contributed by atoms with Gasteiger partial charge in [0.25, 0.3) is 0 Å². The van der Waals surface area contributed by atoms with E-state index in [1.807, 2.05) is 11.8 Å². The first-order valence-corrected chi connectivity index (χ1v) is 5.87. The van der Waals surface area contributed by atoms with Gasteiger partial charge in [0.05, 0.1) is 5.52 Å². The highest BCUT2D eigenvalue weighted by molar-refractivity contribution is 8.02. The predicted molar refractivity (Wildman–Crippen MR) is 63.4 cm³/mol. The molecule has 0 fully saturated rings. The summed E-state index contributed by atoms with van der Waals surface area (Å²) in [6.45, 7) is 0. The molecule has 1 aromatic carbocycles. The lowest BCUT2D eigenvalue weighted by molar-refractivity contribution is 1.02. The molecular weight excluding hydrogens is 190 g/mol. The second-order valence-electron chi connectivity index (χ2n) is 3.47. The van der Waals surface area contributed by atoms with Crippen LogP contribution in [0.2, 0.25) is 0 Å². The van der Waals surface area contributed by atoms with Gasteiger partial charge < -0.3 is 4.57 Å². The van der Waals surface area contributed by atoms with Gasteiger partial charge in [0.1, 0.15) is 0 Å². The van der Waals surface area contributed by atoms with Crippen molar-refractivity contribution in [1.82, 2.24) is 4.57 Å². The van der Waals surface area contributed by atoms with Crippen molar-refractivity contribution in [3.8, 4) is 0 Å². The Bertz CT molecular complexity index is 496. The van der Waals surface area contributed by atoms with E-state index < -0.39 is 0 Å². The summed E-state index contributed by atoms with van der Waals surface area (Å²) in [4.78, 5) is 0. The summed E-state index contributed by atoms with van der Waals surface area (Å²) in [5.41, 5.74) is 2.74. The Morgan fingerprint density at radius 1 is 1.21 bits per heavy atom. The minimum atomic E-state index is 1.16. The van der Waals surface area contributed by atoms with Crippen molar-refractivity contribution < 1.29 is 0 Å². The van der Waals surface area contributed by atoms with E-state index in [4.69, 9.17) is 0 Å². The normalized spacial score (nSPS) is 15.4. The smallest absolute Gasteiger partial charge is 0.0525 e. The molecule has 0 N–H and O–H groups in total. The van der Waals surface area contributed by atoms with Crippen LogP contribution in [0.15, 0.2) is 35.7 Å². The van der Waals surface area contributed by atoms with Crippen LogP contribution >= 0.6 is 11.8 Å². The number of aryl methyl sites for hydroxylation is 1. The fourth-order valence-corrected chi connectivity index (χ4v) is 2.61. The largest absolute Gasteiger partial charge is 0.320 e. The van der Waals surface area contributed by atoms with Crippen molar-refractivity contribution in [2.24, 2.45) is 0 Å². The van der Waals surface area contributed by atoms with Gasteiger partial charge in [-0.15, -0.1) is 11.8 Å². The van der Waals surface area contributed by atoms with Crippen molar-refractivity contribution in [2.45, 2.75) is 6.42 Å². The molecule has 0 aliphatic carbocycles. The summed E-state index contributed by atoms with van der Waals surface area (Å²) < 4.78 is 2.30. The number of hydrogen-bond donors (Lipinski definition) is 0. The minimum Gasteiger partial charge on any atom is -0.320 e. The van der Waals surface area contributed by atoms with E-state index in [0.29, 0.717) is 0 Å². The van der Waals surface area contributed by atoms with E-state index >= 15 is 0 Å². The zero-order valence-corrected chi connectivity index (χ0v) is 8.63. The van der Waals surface area contributed by atoms with E-state index in [9.17, 15) is 0 Å². The van der Waals surface area contributed by atoms with Gasteiger partial charge in [0.2, 0.25) is 0 Å². The second kappa shape index (κ2) is 3.21. The molecule has 1 aliphatic heterocycles.